The molecule has 0 aliphatic heterocycles. The van der Waals surface area contributed by atoms with Crippen molar-refractivity contribution in [3.8, 4) is 0 Å². The summed E-state index contributed by atoms with van der Waals surface area (Å²) in [5.74, 6) is 0. The number of nitrogens with zero attached hydrogens (tertiary/aromatic N) is 1. The van der Waals surface area contributed by atoms with E-state index in [2.05, 4.69) is 25.8 Å². The van der Waals surface area contributed by atoms with Crippen LogP contribution in [0.4, 0.5) is 0 Å². The molecule has 2 N–H and O–H groups in total. The Balaban J connectivity index is 3.14. The first kappa shape index (κ1) is 11.1. The molecule has 0 amide bonds. The van der Waals surface area contributed by atoms with Gasteiger partial charge < -0.3 is 10.2 Å². The molecule has 0 spiro atoms. The highest BCUT2D eigenvalue weighted by Gasteiger charge is 2.16. The highest BCUT2D eigenvalue weighted by atomic mass is 16.3. The Bertz CT molecular complexity index is 316. The normalized spacial score (nSPS) is 11.8. The van der Waals surface area contributed by atoms with E-state index >= 15 is 0 Å². The van der Waals surface area contributed by atoms with Crippen LogP contribution in [0.5, 0.6) is 0 Å². The molecule has 0 unspecified atom stereocenters. The summed E-state index contributed by atoms with van der Waals surface area (Å²) in [6.45, 7) is 5.99. The zero-order valence-corrected chi connectivity index (χ0v) is 8.91. The summed E-state index contributed by atoms with van der Waals surface area (Å²) >= 11 is 0. The minimum atomic E-state index is -0.125. The zero-order valence-electron chi connectivity index (χ0n) is 8.91. The molecule has 0 aliphatic carbocycles. The van der Waals surface area contributed by atoms with Gasteiger partial charge in [-0.3, -0.25) is 4.98 Å². The quantitative estimate of drug-likeness (QED) is 0.749. The zero-order chi connectivity index (χ0) is 10.8. The Morgan fingerprint density at radius 1 is 1.14 bits per heavy atom. The predicted molar refractivity (Wildman–Crippen MR) is 54.8 cm³/mol. The summed E-state index contributed by atoms with van der Waals surface area (Å²) in [6, 6.07) is 3.71. The van der Waals surface area contributed by atoms with Crippen LogP contribution < -0.4 is 0 Å². The third-order valence-corrected chi connectivity index (χ3v) is 2.16. The van der Waals surface area contributed by atoms with Crippen LogP contribution in [0.3, 0.4) is 0 Å². The molecule has 1 aromatic heterocycles. The molecule has 0 aromatic carbocycles. The van der Waals surface area contributed by atoms with Crippen molar-refractivity contribution in [1.29, 1.82) is 0 Å². The maximum atomic E-state index is 9.07. The largest absolute Gasteiger partial charge is 0.392 e. The van der Waals surface area contributed by atoms with Gasteiger partial charge in [0, 0.05) is 16.7 Å². The Morgan fingerprint density at radius 3 is 2.21 bits per heavy atom. The summed E-state index contributed by atoms with van der Waals surface area (Å²) in [5.41, 5.74) is 2.16. The Morgan fingerprint density at radius 2 is 1.79 bits per heavy atom. The molecular weight excluding hydrogens is 178 g/mol. The SMILES string of the molecule is CC(C)(C)c1ccc(CO)c(CO)n1. The summed E-state index contributed by atoms with van der Waals surface area (Å²) < 4.78 is 0. The fourth-order valence-corrected chi connectivity index (χ4v) is 1.23. The lowest BCUT2D eigenvalue weighted by atomic mass is 9.91. The monoisotopic (exact) mass is 195 g/mol. The summed E-state index contributed by atoms with van der Waals surface area (Å²) in [5, 5.41) is 18.1. The number of aliphatic hydroxyl groups is 2. The fraction of sp³-hybridized carbons (Fsp3) is 0.545. The minimum absolute atomic E-state index is 0.0299. The van der Waals surface area contributed by atoms with Crippen LogP contribution in [0.25, 0.3) is 0 Å². The lowest BCUT2D eigenvalue weighted by molar-refractivity contribution is 0.255. The van der Waals surface area contributed by atoms with E-state index in [9.17, 15) is 0 Å². The van der Waals surface area contributed by atoms with Gasteiger partial charge in [0.1, 0.15) is 0 Å². The molecule has 0 saturated heterocycles. The standard InChI is InChI=1S/C11H17NO2/c1-11(2,3)10-5-4-8(6-13)9(7-14)12-10/h4-5,13-14H,6-7H2,1-3H3. The summed E-state index contributed by atoms with van der Waals surface area (Å²) in [7, 11) is 0. The molecule has 1 rings (SSSR count). The molecule has 14 heavy (non-hydrogen) atoms. The molecule has 0 bridgehead atoms. The van der Waals surface area contributed by atoms with Gasteiger partial charge in [0.2, 0.25) is 0 Å². The van der Waals surface area contributed by atoms with Gasteiger partial charge in [0.15, 0.2) is 0 Å². The maximum Gasteiger partial charge on any atom is 0.0856 e. The molecule has 0 radical (unpaired) electrons. The average molecular weight is 195 g/mol. The number of pyridine rings is 1. The summed E-state index contributed by atoms with van der Waals surface area (Å²) in [4.78, 5) is 4.32. The first-order chi connectivity index (χ1) is 6.49. The Kier molecular flexibility index (Phi) is 3.24. The summed E-state index contributed by atoms with van der Waals surface area (Å²) in [6.07, 6.45) is 0. The van der Waals surface area contributed by atoms with Gasteiger partial charge in [-0.25, -0.2) is 0 Å². The van der Waals surface area contributed by atoms with Crippen LogP contribution in [-0.4, -0.2) is 15.2 Å². The van der Waals surface area contributed by atoms with E-state index in [4.69, 9.17) is 10.2 Å². The fourth-order valence-electron chi connectivity index (χ4n) is 1.23. The molecule has 3 nitrogen and oxygen atoms in total. The van der Waals surface area contributed by atoms with Crippen LogP contribution in [0.1, 0.15) is 37.7 Å². The van der Waals surface area contributed by atoms with Crippen molar-refractivity contribution in [2.45, 2.75) is 39.4 Å². The Hall–Kier alpha value is -0.930. The molecule has 1 heterocycles. The van der Waals surface area contributed by atoms with Gasteiger partial charge in [0.25, 0.3) is 0 Å². The highest BCUT2D eigenvalue weighted by molar-refractivity contribution is 5.25. The van der Waals surface area contributed by atoms with E-state index in [1.807, 2.05) is 12.1 Å². The second kappa shape index (κ2) is 4.07. The Labute approximate surface area is 84.4 Å². The molecule has 0 fully saturated rings. The van der Waals surface area contributed by atoms with Crippen molar-refractivity contribution >= 4 is 0 Å². The van der Waals surface area contributed by atoms with Crippen LogP contribution in [0.2, 0.25) is 0 Å². The van der Waals surface area contributed by atoms with Crippen LogP contribution in [-0.2, 0) is 18.6 Å². The van der Waals surface area contributed by atoms with Gasteiger partial charge in [-0.05, 0) is 6.07 Å². The maximum absolute atomic E-state index is 9.07. The number of hydrogen-bond donors (Lipinski definition) is 2. The predicted octanol–water partition coefficient (Wildman–Crippen LogP) is 1.36. The highest BCUT2D eigenvalue weighted by Crippen LogP contribution is 2.21. The van der Waals surface area contributed by atoms with Crippen molar-refractivity contribution in [2.24, 2.45) is 0 Å². The minimum Gasteiger partial charge on any atom is -0.392 e. The van der Waals surface area contributed by atoms with Gasteiger partial charge in [-0.1, -0.05) is 26.8 Å². The second-order valence-corrected chi connectivity index (χ2v) is 4.37. The van der Waals surface area contributed by atoms with E-state index in [1.54, 1.807) is 0 Å². The first-order valence-corrected chi connectivity index (χ1v) is 4.70. The smallest absolute Gasteiger partial charge is 0.0856 e. The third kappa shape index (κ3) is 2.30. The molecule has 0 atom stereocenters. The van der Waals surface area contributed by atoms with Gasteiger partial charge in [-0.15, -0.1) is 0 Å². The van der Waals surface area contributed by atoms with Crippen molar-refractivity contribution in [1.82, 2.24) is 4.98 Å². The van der Waals surface area contributed by atoms with Gasteiger partial charge >= 0.3 is 0 Å². The molecular formula is C11H17NO2. The second-order valence-electron chi connectivity index (χ2n) is 4.37. The van der Waals surface area contributed by atoms with Crippen LogP contribution in [0, 0.1) is 0 Å². The van der Waals surface area contributed by atoms with Crippen molar-refractivity contribution < 1.29 is 10.2 Å². The molecule has 1 aromatic rings. The van der Waals surface area contributed by atoms with E-state index in [-0.39, 0.29) is 18.6 Å². The van der Waals surface area contributed by atoms with Crippen molar-refractivity contribution in [2.75, 3.05) is 0 Å². The van der Waals surface area contributed by atoms with E-state index in [0.29, 0.717) is 11.3 Å². The van der Waals surface area contributed by atoms with E-state index in [1.165, 1.54) is 0 Å². The lowest BCUT2D eigenvalue weighted by Crippen LogP contribution is -2.15. The molecule has 0 saturated carbocycles. The molecule has 0 aliphatic rings. The van der Waals surface area contributed by atoms with Gasteiger partial charge in [-0.2, -0.15) is 0 Å². The lowest BCUT2D eigenvalue weighted by Gasteiger charge is -2.19. The number of aliphatic hydroxyl groups excluding tert-OH is 2. The number of hydrogen-bond acceptors (Lipinski definition) is 3. The first-order valence-electron chi connectivity index (χ1n) is 4.70. The van der Waals surface area contributed by atoms with Gasteiger partial charge in [0.05, 0.1) is 18.9 Å². The van der Waals surface area contributed by atoms with Crippen molar-refractivity contribution in [3.63, 3.8) is 0 Å². The number of rotatable bonds is 2. The average Bonchev–Trinajstić information content (AvgIpc) is 2.15. The number of aromatic nitrogens is 1. The molecule has 3 heteroatoms. The topological polar surface area (TPSA) is 53.4 Å². The van der Waals surface area contributed by atoms with Crippen LogP contribution in [0.15, 0.2) is 12.1 Å². The van der Waals surface area contributed by atoms with E-state index in [0.717, 1.165) is 5.69 Å². The van der Waals surface area contributed by atoms with Crippen LogP contribution >= 0.6 is 0 Å². The third-order valence-electron chi connectivity index (χ3n) is 2.16. The van der Waals surface area contributed by atoms with E-state index < -0.39 is 0 Å². The van der Waals surface area contributed by atoms with Crippen molar-refractivity contribution in [3.05, 3.63) is 29.1 Å². The molecule has 78 valence electrons.